The summed E-state index contributed by atoms with van der Waals surface area (Å²) in [6, 6.07) is 5.84. The fourth-order valence-corrected chi connectivity index (χ4v) is 5.37. The molecule has 2 atom stereocenters. The SMILES string of the molecule is CCS[C@@H]1[C@@H](CCO[Si](C)(C)C(C)(C)C)C(=O)N1CC(=O)OCc1ccc([N+](=O)[O-])cc1. The molecule has 1 aliphatic rings. The van der Waals surface area contributed by atoms with Crippen molar-refractivity contribution < 1.29 is 23.7 Å². The van der Waals surface area contributed by atoms with E-state index in [1.54, 1.807) is 28.8 Å². The zero-order chi connectivity index (χ0) is 24.1. The van der Waals surface area contributed by atoms with Crippen LogP contribution in [0.4, 0.5) is 5.69 Å². The Morgan fingerprint density at radius 2 is 1.88 bits per heavy atom. The Kier molecular flexibility index (Phi) is 8.89. The van der Waals surface area contributed by atoms with Gasteiger partial charge in [0.05, 0.1) is 16.2 Å². The Labute approximate surface area is 195 Å². The molecule has 1 aliphatic heterocycles. The highest BCUT2D eigenvalue weighted by molar-refractivity contribution is 7.99. The molecular weight excluding hydrogens is 448 g/mol. The Morgan fingerprint density at radius 1 is 1.25 bits per heavy atom. The van der Waals surface area contributed by atoms with Crippen LogP contribution in [-0.4, -0.2) is 54.3 Å². The van der Waals surface area contributed by atoms with Gasteiger partial charge in [0.1, 0.15) is 13.2 Å². The molecule has 2 rings (SSSR count). The van der Waals surface area contributed by atoms with Crippen molar-refractivity contribution in [2.24, 2.45) is 5.92 Å². The quantitative estimate of drug-likeness (QED) is 0.150. The third kappa shape index (κ3) is 6.55. The number of ether oxygens (including phenoxy) is 1. The highest BCUT2D eigenvalue weighted by Crippen LogP contribution is 2.39. The minimum atomic E-state index is -1.86. The van der Waals surface area contributed by atoms with Crippen LogP contribution in [0.25, 0.3) is 0 Å². The van der Waals surface area contributed by atoms with E-state index < -0.39 is 19.2 Å². The van der Waals surface area contributed by atoms with Crippen LogP contribution in [0.3, 0.4) is 0 Å². The fourth-order valence-electron chi connectivity index (χ4n) is 3.13. The van der Waals surface area contributed by atoms with Crippen LogP contribution in [-0.2, 0) is 25.4 Å². The van der Waals surface area contributed by atoms with Gasteiger partial charge < -0.3 is 14.1 Å². The summed E-state index contributed by atoms with van der Waals surface area (Å²) in [5.74, 6) is 0.162. The van der Waals surface area contributed by atoms with Gasteiger partial charge in [-0.25, -0.2) is 0 Å². The van der Waals surface area contributed by atoms with E-state index >= 15 is 0 Å². The van der Waals surface area contributed by atoms with Gasteiger partial charge in [0.25, 0.3) is 5.69 Å². The van der Waals surface area contributed by atoms with Crippen LogP contribution < -0.4 is 0 Å². The number of nitrogens with zero attached hydrogens (tertiary/aromatic N) is 2. The normalized spacial score (nSPS) is 18.9. The fraction of sp³-hybridized carbons (Fsp3) is 0.636. The van der Waals surface area contributed by atoms with Crippen LogP contribution >= 0.6 is 11.8 Å². The molecule has 0 spiro atoms. The van der Waals surface area contributed by atoms with Gasteiger partial charge in [0, 0.05) is 18.7 Å². The number of non-ortho nitro benzene ring substituents is 1. The smallest absolute Gasteiger partial charge is 0.326 e. The van der Waals surface area contributed by atoms with Crippen molar-refractivity contribution in [2.75, 3.05) is 18.9 Å². The van der Waals surface area contributed by atoms with Crippen molar-refractivity contribution in [1.29, 1.82) is 0 Å². The van der Waals surface area contributed by atoms with Gasteiger partial charge in [-0.1, -0.05) is 27.7 Å². The maximum Gasteiger partial charge on any atom is 0.326 e. The Bertz CT molecular complexity index is 825. The molecule has 0 unspecified atom stereocenters. The summed E-state index contributed by atoms with van der Waals surface area (Å²) < 4.78 is 11.5. The molecule has 0 N–H and O–H groups in total. The van der Waals surface area contributed by atoms with E-state index in [0.717, 1.165) is 5.75 Å². The number of likely N-dealkylation sites (tertiary alicyclic amines) is 1. The summed E-state index contributed by atoms with van der Waals surface area (Å²) in [6.07, 6.45) is 0.650. The molecule has 1 aromatic rings. The first-order valence-corrected chi connectivity index (χ1v) is 14.8. The maximum absolute atomic E-state index is 12.7. The first kappa shape index (κ1) is 26.3. The first-order chi connectivity index (χ1) is 14.9. The second-order valence-electron chi connectivity index (χ2n) is 9.40. The number of carbonyl (C=O) groups is 2. The summed E-state index contributed by atoms with van der Waals surface area (Å²) in [7, 11) is -1.86. The minimum absolute atomic E-state index is 0.00816. The molecule has 8 nitrogen and oxygen atoms in total. The van der Waals surface area contributed by atoms with E-state index in [0.29, 0.717) is 18.6 Å². The molecule has 0 aliphatic carbocycles. The monoisotopic (exact) mass is 482 g/mol. The maximum atomic E-state index is 12.7. The third-order valence-electron chi connectivity index (χ3n) is 6.13. The summed E-state index contributed by atoms with van der Waals surface area (Å²) in [5.41, 5.74) is 0.633. The van der Waals surface area contributed by atoms with Crippen LogP contribution in [0.2, 0.25) is 18.1 Å². The lowest BCUT2D eigenvalue weighted by Crippen LogP contribution is -2.61. The Hall–Kier alpha value is -1.91. The zero-order valence-corrected chi connectivity index (χ0v) is 21.6. The lowest BCUT2D eigenvalue weighted by atomic mass is 9.95. The second kappa shape index (κ2) is 10.8. The number of thioether (sulfide) groups is 1. The van der Waals surface area contributed by atoms with Crippen LogP contribution in [0.1, 0.15) is 39.7 Å². The van der Waals surface area contributed by atoms with Crippen molar-refractivity contribution in [3.05, 3.63) is 39.9 Å². The molecule has 10 heteroatoms. The number of hydrogen-bond acceptors (Lipinski definition) is 7. The molecule has 0 saturated carbocycles. The lowest BCUT2D eigenvalue weighted by Gasteiger charge is -2.46. The van der Waals surface area contributed by atoms with Gasteiger partial charge in [0.15, 0.2) is 8.32 Å². The molecule has 1 fully saturated rings. The largest absolute Gasteiger partial charge is 0.459 e. The van der Waals surface area contributed by atoms with Crippen molar-refractivity contribution in [2.45, 2.75) is 64.2 Å². The summed E-state index contributed by atoms with van der Waals surface area (Å²) in [5, 5.41) is 10.8. The number of hydrogen-bond donors (Lipinski definition) is 0. The van der Waals surface area contributed by atoms with Crippen LogP contribution in [0, 0.1) is 16.0 Å². The van der Waals surface area contributed by atoms with E-state index in [1.165, 1.54) is 12.1 Å². The molecule has 1 heterocycles. The van der Waals surface area contributed by atoms with Crippen molar-refractivity contribution in [3.63, 3.8) is 0 Å². The second-order valence-corrected chi connectivity index (χ2v) is 15.6. The number of esters is 1. The van der Waals surface area contributed by atoms with E-state index in [1.807, 2.05) is 6.92 Å². The van der Waals surface area contributed by atoms with Gasteiger partial charge in [0.2, 0.25) is 5.91 Å². The number of rotatable bonds is 11. The number of amides is 1. The molecule has 1 aromatic carbocycles. The number of benzene rings is 1. The van der Waals surface area contributed by atoms with Crippen LogP contribution in [0.15, 0.2) is 24.3 Å². The third-order valence-corrected chi connectivity index (χ3v) is 11.9. The average molecular weight is 483 g/mol. The number of β-lactam (4-membered cyclic amide) rings is 1. The number of nitro groups is 1. The first-order valence-electron chi connectivity index (χ1n) is 10.8. The van der Waals surface area contributed by atoms with Crippen LogP contribution in [0.5, 0.6) is 0 Å². The molecule has 1 amide bonds. The molecule has 178 valence electrons. The van der Waals surface area contributed by atoms with Crippen molar-refractivity contribution in [1.82, 2.24) is 4.90 Å². The number of nitro benzene ring substituents is 1. The molecule has 0 bridgehead atoms. The highest BCUT2D eigenvalue weighted by atomic mass is 32.2. The standard InChI is InChI=1S/C22H34N2O6SSi/c1-7-31-21-18(12-13-30-32(5,6)22(2,3)4)20(26)23(21)14-19(25)29-15-16-8-10-17(11-9-16)24(27)28/h8-11,18,21H,7,12-15H2,1-6H3/t18-,21+/m0/s1. The minimum Gasteiger partial charge on any atom is -0.459 e. The van der Waals surface area contributed by atoms with Gasteiger partial charge >= 0.3 is 5.97 Å². The summed E-state index contributed by atoms with van der Waals surface area (Å²) in [6.45, 7) is 13.4. The molecular formula is C22H34N2O6SSi. The Balaban J connectivity index is 1.85. The molecule has 0 radical (unpaired) electrons. The predicted molar refractivity (Wildman–Crippen MR) is 128 cm³/mol. The van der Waals surface area contributed by atoms with E-state index in [4.69, 9.17) is 9.16 Å². The zero-order valence-electron chi connectivity index (χ0n) is 19.8. The van der Waals surface area contributed by atoms with Gasteiger partial charge in [-0.3, -0.25) is 19.7 Å². The lowest BCUT2D eigenvalue weighted by molar-refractivity contribution is -0.384. The van der Waals surface area contributed by atoms with Crippen molar-refractivity contribution >= 4 is 37.6 Å². The topological polar surface area (TPSA) is 99.0 Å². The molecule has 0 aromatic heterocycles. The molecule has 32 heavy (non-hydrogen) atoms. The van der Waals surface area contributed by atoms with E-state index in [2.05, 4.69) is 33.9 Å². The number of carbonyl (C=O) groups excluding carboxylic acids is 2. The van der Waals surface area contributed by atoms with Gasteiger partial charge in [-0.2, -0.15) is 0 Å². The van der Waals surface area contributed by atoms with E-state index in [9.17, 15) is 19.7 Å². The highest BCUT2D eigenvalue weighted by Gasteiger charge is 2.48. The average Bonchev–Trinajstić information content (AvgIpc) is 2.72. The van der Waals surface area contributed by atoms with Crippen molar-refractivity contribution in [3.8, 4) is 0 Å². The summed E-state index contributed by atoms with van der Waals surface area (Å²) >= 11 is 1.65. The van der Waals surface area contributed by atoms with Gasteiger partial charge in [-0.05, 0) is 48.0 Å². The molecule has 1 saturated heterocycles. The Morgan fingerprint density at radius 3 is 2.41 bits per heavy atom. The predicted octanol–water partition coefficient (Wildman–Crippen LogP) is 4.59. The van der Waals surface area contributed by atoms with Gasteiger partial charge in [-0.15, -0.1) is 11.8 Å². The van der Waals surface area contributed by atoms with E-state index in [-0.39, 0.29) is 41.1 Å². The summed E-state index contributed by atoms with van der Waals surface area (Å²) in [4.78, 5) is 36.8.